The zero-order valence-corrected chi connectivity index (χ0v) is 12.2. The molecule has 0 spiro atoms. The van der Waals surface area contributed by atoms with E-state index in [1.807, 2.05) is 23.9 Å². The van der Waals surface area contributed by atoms with Crippen LogP contribution in [0.4, 0.5) is 0 Å². The molecule has 2 heterocycles. The van der Waals surface area contributed by atoms with Crippen molar-refractivity contribution in [1.82, 2.24) is 4.90 Å². The summed E-state index contributed by atoms with van der Waals surface area (Å²) >= 11 is 1.97. The Labute approximate surface area is 123 Å². The third-order valence-electron chi connectivity index (χ3n) is 3.45. The van der Waals surface area contributed by atoms with Crippen LogP contribution in [0.15, 0.2) is 23.2 Å². The Kier molecular flexibility index (Phi) is 4.20. The highest BCUT2D eigenvalue weighted by Crippen LogP contribution is 2.32. The van der Waals surface area contributed by atoms with Gasteiger partial charge in [0.05, 0.1) is 0 Å². The van der Waals surface area contributed by atoms with Gasteiger partial charge < -0.3 is 20.1 Å². The molecule has 0 amide bonds. The second-order valence-electron chi connectivity index (χ2n) is 4.78. The Morgan fingerprint density at radius 1 is 1.25 bits per heavy atom. The van der Waals surface area contributed by atoms with Crippen molar-refractivity contribution in [2.24, 2.45) is 10.7 Å². The van der Waals surface area contributed by atoms with Crippen LogP contribution in [0.2, 0.25) is 0 Å². The highest BCUT2D eigenvalue weighted by molar-refractivity contribution is 7.99. The summed E-state index contributed by atoms with van der Waals surface area (Å²) in [5.41, 5.74) is 7.22. The van der Waals surface area contributed by atoms with Crippen LogP contribution < -0.4 is 15.2 Å². The summed E-state index contributed by atoms with van der Waals surface area (Å²) in [5, 5.41) is 0. The molecule has 0 aromatic heterocycles. The number of nitrogens with zero attached hydrogens (tertiary/aromatic N) is 2. The van der Waals surface area contributed by atoms with Crippen molar-refractivity contribution in [3.05, 3.63) is 23.8 Å². The molecule has 5 nitrogen and oxygen atoms in total. The van der Waals surface area contributed by atoms with E-state index >= 15 is 0 Å². The van der Waals surface area contributed by atoms with Crippen molar-refractivity contribution < 1.29 is 9.47 Å². The Hall–Kier alpha value is -1.56. The van der Waals surface area contributed by atoms with Gasteiger partial charge in [0, 0.05) is 31.1 Å². The van der Waals surface area contributed by atoms with Crippen LogP contribution in [-0.4, -0.2) is 48.8 Å². The SMILES string of the molecule is NC(=NCCc1ccc2c(c1)OCO2)N1CCSCC1. The number of benzene rings is 1. The van der Waals surface area contributed by atoms with Crippen LogP contribution in [0.5, 0.6) is 11.5 Å². The molecule has 0 unspecified atom stereocenters. The third-order valence-corrected chi connectivity index (χ3v) is 4.39. The van der Waals surface area contributed by atoms with E-state index in [0.717, 1.165) is 42.5 Å². The number of ether oxygens (including phenoxy) is 2. The molecule has 1 fully saturated rings. The molecular weight excluding hydrogens is 274 g/mol. The Morgan fingerprint density at radius 2 is 2.05 bits per heavy atom. The molecule has 2 aliphatic rings. The highest BCUT2D eigenvalue weighted by atomic mass is 32.2. The van der Waals surface area contributed by atoms with E-state index in [2.05, 4.69) is 16.0 Å². The van der Waals surface area contributed by atoms with Crippen LogP contribution in [0.3, 0.4) is 0 Å². The minimum Gasteiger partial charge on any atom is -0.454 e. The van der Waals surface area contributed by atoms with Crippen molar-refractivity contribution >= 4 is 17.7 Å². The average molecular weight is 293 g/mol. The number of guanidine groups is 1. The first-order valence-electron chi connectivity index (χ1n) is 6.84. The molecule has 0 atom stereocenters. The molecule has 108 valence electrons. The van der Waals surface area contributed by atoms with Gasteiger partial charge in [0.25, 0.3) is 0 Å². The van der Waals surface area contributed by atoms with Gasteiger partial charge in [-0.3, -0.25) is 4.99 Å². The van der Waals surface area contributed by atoms with E-state index < -0.39 is 0 Å². The number of aliphatic imine (C=N–C) groups is 1. The average Bonchev–Trinajstić information content (AvgIpc) is 2.95. The zero-order chi connectivity index (χ0) is 13.8. The van der Waals surface area contributed by atoms with Crippen molar-refractivity contribution in [2.75, 3.05) is 37.9 Å². The number of nitrogens with two attached hydrogens (primary N) is 1. The van der Waals surface area contributed by atoms with Gasteiger partial charge in [0.1, 0.15) is 0 Å². The first kappa shape index (κ1) is 13.4. The Balaban J connectivity index is 1.54. The van der Waals surface area contributed by atoms with Gasteiger partial charge in [0.15, 0.2) is 17.5 Å². The van der Waals surface area contributed by atoms with Gasteiger partial charge in [-0.2, -0.15) is 11.8 Å². The second kappa shape index (κ2) is 6.26. The fourth-order valence-corrected chi connectivity index (χ4v) is 3.19. The zero-order valence-electron chi connectivity index (χ0n) is 11.4. The molecule has 2 aliphatic heterocycles. The molecule has 0 saturated carbocycles. The van der Waals surface area contributed by atoms with Gasteiger partial charge in [0.2, 0.25) is 6.79 Å². The summed E-state index contributed by atoms with van der Waals surface area (Å²) in [6.45, 7) is 3.03. The van der Waals surface area contributed by atoms with Crippen LogP contribution >= 0.6 is 11.8 Å². The minimum atomic E-state index is 0.316. The van der Waals surface area contributed by atoms with Crippen molar-refractivity contribution in [2.45, 2.75) is 6.42 Å². The molecule has 3 rings (SSSR count). The lowest BCUT2D eigenvalue weighted by molar-refractivity contribution is 0.174. The third kappa shape index (κ3) is 3.12. The predicted molar refractivity (Wildman–Crippen MR) is 81.7 cm³/mol. The fourth-order valence-electron chi connectivity index (χ4n) is 2.29. The highest BCUT2D eigenvalue weighted by Gasteiger charge is 2.14. The maximum atomic E-state index is 6.02. The van der Waals surface area contributed by atoms with Gasteiger partial charge in [-0.1, -0.05) is 6.07 Å². The van der Waals surface area contributed by atoms with E-state index in [9.17, 15) is 0 Å². The van der Waals surface area contributed by atoms with Gasteiger partial charge in [-0.25, -0.2) is 0 Å². The summed E-state index contributed by atoms with van der Waals surface area (Å²) in [7, 11) is 0. The topological polar surface area (TPSA) is 60.1 Å². The minimum absolute atomic E-state index is 0.316. The molecule has 0 aliphatic carbocycles. The number of rotatable bonds is 3. The Morgan fingerprint density at radius 3 is 2.90 bits per heavy atom. The van der Waals surface area contributed by atoms with Crippen molar-refractivity contribution in [3.8, 4) is 11.5 Å². The van der Waals surface area contributed by atoms with E-state index in [1.54, 1.807) is 0 Å². The van der Waals surface area contributed by atoms with Crippen molar-refractivity contribution in [1.29, 1.82) is 0 Å². The van der Waals surface area contributed by atoms with Crippen LogP contribution in [0.1, 0.15) is 5.56 Å². The molecule has 6 heteroatoms. The fraction of sp³-hybridized carbons (Fsp3) is 0.500. The lowest BCUT2D eigenvalue weighted by Crippen LogP contribution is -2.42. The second-order valence-corrected chi connectivity index (χ2v) is 6.00. The van der Waals surface area contributed by atoms with Gasteiger partial charge in [-0.15, -0.1) is 0 Å². The summed E-state index contributed by atoms with van der Waals surface area (Å²) in [4.78, 5) is 6.64. The maximum Gasteiger partial charge on any atom is 0.231 e. The van der Waals surface area contributed by atoms with E-state index in [4.69, 9.17) is 15.2 Å². The summed E-state index contributed by atoms with van der Waals surface area (Å²) < 4.78 is 10.7. The monoisotopic (exact) mass is 293 g/mol. The predicted octanol–water partition coefficient (Wildman–Crippen LogP) is 1.32. The number of fused-ring (bicyclic) bond motifs is 1. The molecule has 1 aromatic carbocycles. The lowest BCUT2D eigenvalue weighted by atomic mass is 10.1. The molecule has 0 radical (unpaired) electrons. The first-order chi connectivity index (χ1) is 9.83. The summed E-state index contributed by atoms with van der Waals surface area (Å²) in [6, 6.07) is 6.02. The molecule has 0 bridgehead atoms. The quantitative estimate of drug-likeness (QED) is 0.673. The smallest absolute Gasteiger partial charge is 0.231 e. The first-order valence-corrected chi connectivity index (χ1v) is 7.99. The molecule has 2 N–H and O–H groups in total. The lowest BCUT2D eigenvalue weighted by Gasteiger charge is -2.27. The van der Waals surface area contributed by atoms with Crippen molar-refractivity contribution in [3.63, 3.8) is 0 Å². The van der Waals surface area contributed by atoms with Crippen LogP contribution in [-0.2, 0) is 6.42 Å². The number of thioether (sulfide) groups is 1. The van der Waals surface area contributed by atoms with Crippen LogP contribution in [0, 0.1) is 0 Å². The van der Waals surface area contributed by atoms with Gasteiger partial charge in [-0.05, 0) is 24.1 Å². The molecular formula is C14H19N3O2S. The van der Waals surface area contributed by atoms with E-state index in [-0.39, 0.29) is 0 Å². The standard InChI is InChI=1S/C14H19N3O2S/c15-14(17-5-7-20-8-6-17)16-4-3-11-1-2-12-13(9-11)19-10-18-12/h1-2,9H,3-8,10H2,(H2,15,16). The number of hydrogen-bond acceptors (Lipinski definition) is 4. The van der Waals surface area contributed by atoms with E-state index in [1.165, 1.54) is 5.56 Å². The molecule has 1 aromatic rings. The Bertz CT molecular complexity index is 501. The van der Waals surface area contributed by atoms with Gasteiger partial charge >= 0.3 is 0 Å². The summed E-state index contributed by atoms with van der Waals surface area (Å²) in [6.07, 6.45) is 0.861. The number of hydrogen-bond donors (Lipinski definition) is 1. The molecule has 1 saturated heterocycles. The normalized spacial score (nSPS) is 18.4. The summed E-state index contributed by atoms with van der Waals surface area (Å²) in [5.74, 6) is 4.60. The van der Waals surface area contributed by atoms with Crippen LogP contribution in [0.25, 0.3) is 0 Å². The van der Waals surface area contributed by atoms with E-state index in [0.29, 0.717) is 19.3 Å². The maximum absolute atomic E-state index is 6.02. The largest absolute Gasteiger partial charge is 0.454 e. The molecule has 20 heavy (non-hydrogen) atoms.